The van der Waals surface area contributed by atoms with Crippen molar-refractivity contribution in [2.24, 2.45) is 0 Å². The molecule has 1 fully saturated rings. The second-order valence-corrected chi connectivity index (χ2v) is 5.16. The normalized spacial score (nSPS) is 29.5. The Morgan fingerprint density at radius 3 is 2.82 bits per heavy atom. The highest BCUT2D eigenvalue weighted by Crippen LogP contribution is 2.28. The van der Waals surface area contributed by atoms with Gasteiger partial charge in [-0.1, -0.05) is 24.6 Å². The fraction of sp³-hybridized carbons (Fsp3) is 0.571. The number of aliphatic hydroxyl groups excluding tert-OH is 1. The van der Waals surface area contributed by atoms with Crippen molar-refractivity contribution in [3.63, 3.8) is 0 Å². The molecule has 3 nitrogen and oxygen atoms in total. The van der Waals surface area contributed by atoms with E-state index in [1.807, 2.05) is 6.07 Å². The highest BCUT2D eigenvalue weighted by molar-refractivity contribution is 5.56. The van der Waals surface area contributed by atoms with Crippen molar-refractivity contribution < 1.29 is 5.11 Å². The average Bonchev–Trinajstić information content (AvgIpc) is 2.82. The summed E-state index contributed by atoms with van der Waals surface area (Å²) in [7, 11) is 0. The van der Waals surface area contributed by atoms with Crippen LogP contribution < -0.4 is 10.6 Å². The Hall–Kier alpha value is -1.06. The first-order valence-electron chi connectivity index (χ1n) is 6.60. The van der Waals surface area contributed by atoms with Gasteiger partial charge in [0.15, 0.2) is 0 Å². The predicted octanol–water partition coefficient (Wildman–Crippen LogP) is 1.53. The predicted molar refractivity (Wildman–Crippen MR) is 69.2 cm³/mol. The molecule has 0 amide bonds. The Bertz CT molecular complexity index is 363. The van der Waals surface area contributed by atoms with Crippen molar-refractivity contribution in [1.29, 1.82) is 0 Å². The molecule has 2 aliphatic heterocycles. The van der Waals surface area contributed by atoms with E-state index in [1.54, 1.807) is 0 Å². The first-order chi connectivity index (χ1) is 8.34. The molecule has 2 aliphatic rings. The van der Waals surface area contributed by atoms with Gasteiger partial charge < -0.3 is 15.7 Å². The average molecular weight is 232 g/mol. The third-order valence-corrected chi connectivity index (χ3v) is 3.97. The Morgan fingerprint density at radius 2 is 2.06 bits per heavy atom. The molecular weight excluding hydrogens is 212 g/mol. The molecule has 0 bridgehead atoms. The zero-order chi connectivity index (χ0) is 11.7. The maximum Gasteiger partial charge on any atom is 0.0896 e. The first kappa shape index (κ1) is 11.1. The Kier molecular flexibility index (Phi) is 3.04. The van der Waals surface area contributed by atoms with Crippen LogP contribution in [0.25, 0.3) is 0 Å². The molecule has 1 aromatic rings. The van der Waals surface area contributed by atoms with E-state index >= 15 is 0 Å². The fourth-order valence-corrected chi connectivity index (χ4v) is 2.98. The number of benzene rings is 1. The molecule has 3 unspecified atom stereocenters. The topological polar surface area (TPSA) is 44.3 Å². The number of rotatable bonds is 2. The lowest BCUT2D eigenvalue weighted by atomic mass is 9.94. The SMILES string of the molecule is OC(C1CCCCN1)C1Cc2ccccc2N1. The van der Waals surface area contributed by atoms with Gasteiger partial charge in [-0.25, -0.2) is 0 Å². The van der Waals surface area contributed by atoms with Crippen LogP contribution >= 0.6 is 0 Å². The lowest BCUT2D eigenvalue weighted by Gasteiger charge is -2.31. The Labute approximate surface area is 102 Å². The number of hydrogen-bond donors (Lipinski definition) is 3. The van der Waals surface area contributed by atoms with Crippen LogP contribution in [0.15, 0.2) is 24.3 Å². The molecule has 0 aromatic heterocycles. The molecule has 3 rings (SSSR count). The molecule has 0 aliphatic carbocycles. The molecule has 17 heavy (non-hydrogen) atoms. The van der Waals surface area contributed by atoms with Crippen molar-refractivity contribution in [2.75, 3.05) is 11.9 Å². The monoisotopic (exact) mass is 232 g/mol. The standard InChI is InChI=1S/C14H20N2O/c17-14(12-7-3-4-8-15-12)13-9-10-5-1-2-6-11(10)16-13/h1-2,5-6,12-17H,3-4,7-9H2. The zero-order valence-electron chi connectivity index (χ0n) is 10.0. The van der Waals surface area contributed by atoms with Crippen LogP contribution in [0.4, 0.5) is 5.69 Å². The van der Waals surface area contributed by atoms with Gasteiger partial charge >= 0.3 is 0 Å². The Balaban J connectivity index is 1.67. The van der Waals surface area contributed by atoms with Gasteiger partial charge in [0.25, 0.3) is 0 Å². The molecule has 1 saturated heterocycles. The summed E-state index contributed by atoms with van der Waals surface area (Å²) in [5.74, 6) is 0. The van der Waals surface area contributed by atoms with E-state index in [9.17, 15) is 5.11 Å². The molecule has 0 radical (unpaired) electrons. The van der Waals surface area contributed by atoms with E-state index in [1.165, 1.54) is 24.1 Å². The lowest BCUT2D eigenvalue weighted by Crippen LogP contribution is -2.50. The number of hydrogen-bond acceptors (Lipinski definition) is 3. The van der Waals surface area contributed by atoms with Crippen LogP contribution in [0.1, 0.15) is 24.8 Å². The Morgan fingerprint density at radius 1 is 1.18 bits per heavy atom. The highest BCUT2D eigenvalue weighted by Gasteiger charge is 2.32. The van der Waals surface area contributed by atoms with Gasteiger partial charge in [0, 0.05) is 11.7 Å². The summed E-state index contributed by atoms with van der Waals surface area (Å²) in [4.78, 5) is 0. The van der Waals surface area contributed by atoms with E-state index in [0.717, 1.165) is 19.4 Å². The van der Waals surface area contributed by atoms with E-state index in [2.05, 4.69) is 28.8 Å². The molecule has 3 atom stereocenters. The maximum absolute atomic E-state index is 10.4. The van der Waals surface area contributed by atoms with E-state index in [4.69, 9.17) is 0 Å². The van der Waals surface area contributed by atoms with Gasteiger partial charge in [0.2, 0.25) is 0 Å². The van der Waals surface area contributed by atoms with Crippen LogP contribution in [0.3, 0.4) is 0 Å². The van der Waals surface area contributed by atoms with Crippen molar-refractivity contribution in [1.82, 2.24) is 5.32 Å². The van der Waals surface area contributed by atoms with Gasteiger partial charge in [-0.2, -0.15) is 0 Å². The van der Waals surface area contributed by atoms with Gasteiger partial charge in [0.1, 0.15) is 0 Å². The van der Waals surface area contributed by atoms with Crippen LogP contribution in [-0.4, -0.2) is 29.8 Å². The van der Waals surface area contributed by atoms with E-state index in [0.29, 0.717) is 0 Å². The number of anilines is 1. The van der Waals surface area contributed by atoms with Gasteiger partial charge in [0.05, 0.1) is 12.1 Å². The molecular formula is C14H20N2O. The van der Waals surface area contributed by atoms with Gasteiger partial charge in [-0.15, -0.1) is 0 Å². The van der Waals surface area contributed by atoms with E-state index < -0.39 is 0 Å². The molecule has 3 N–H and O–H groups in total. The largest absolute Gasteiger partial charge is 0.389 e. The quantitative estimate of drug-likeness (QED) is 0.724. The smallest absolute Gasteiger partial charge is 0.0896 e. The molecule has 0 spiro atoms. The van der Waals surface area contributed by atoms with Crippen LogP contribution in [0.2, 0.25) is 0 Å². The minimum absolute atomic E-state index is 0.169. The van der Waals surface area contributed by atoms with Crippen molar-refractivity contribution in [2.45, 2.75) is 43.9 Å². The summed E-state index contributed by atoms with van der Waals surface area (Å²) >= 11 is 0. The van der Waals surface area contributed by atoms with Crippen LogP contribution in [0.5, 0.6) is 0 Å². The maximum atomic E-state index is 10.4. The van der Waals surface area contributed by atoms with Crippen LogP contribution in [-0.2, 0) is 6.42 Å². The molecule has 1 aromatic carbocycles. The van der Waals surface area contributed by atoms with E-state index in [-0.39, 0.29) is 18.2 Å². The molecule has 92 valence electrons. The summed E-state index contributed by atoms with van der Waals surface area (Å²) in [6.45, 7) is 1.04. The first-order valence-corrected chi connectivity index (χ1v) is 6.60. The highest BCUT2D eigenvalue weighted by atomic mass is 16.3. The van der Waals surface area contributed by atoms with Crippen molar-refractivity contribution in [3.05, 3.63) is 29.8 Å². The summed E-state index contributed by atoms with van der Waals surface area (Å²) in [6.07, 6.45) is 4.21. The lowest BCUT2D eigenvalue weighted by molar-refractivity contribution is 0.0964. The molecule has 0 saturated carbocycles. The van der Waals surface area contributed by atoms with Crippen LogP contribution in [0, 0.1) is 0 Å². The number of piperidine rings is 1. The number of para-hydroxylation sites is 1. The third kappa shape index (κ3) is 2.17. The fourth-order valence-electron chi connectivity index (χ4n) is 2.98. The van der Waals surface area contributed by atoms with Crippen molar-refractivity contribution >= 4 is 5.69 Å². The number of nitrogens with one attached hydrogen (secondary N) is 2. The van der Waals surface area contributed by atoms with Gasteiger partial charge in [-0.05, 0) is 37.4 Å². The summed E-state index contributed by atoms with van der Waals surface area (Å²) in [5.41, 5.74) is 2.51. The van der Waals surface area contributed by atoms with Crippen molar-refractivity contribution in [3.8, 4) is 0 Å². The minimum Gasteiger partial charge on any atom is -0.389 e. The number of aliphatic hydroxyl groups is 1. The second kappa shape index (κ2) is 4.67. The second-order valence-electron chi connectivity index (χ2n) is 5.16. The zero-order valence-corrected chi connectivity index (χ0v) is 10.0. The molecule has 2 heterocycles. The summed E-state index contributed by atoms with van der Waals surface area (Å²) in [6, 6.07) is 8.77. The number of fused-ring (bicyclic) bond motifs is 1. The van der Waals surface area contributed by atoms with Gasteiger partial charge in [-0.3, -0.25) is 0 Å². The minimum atomic E-state index is -0.289. The molecule has 3 heteroatoms. The summed E-state index contributed by atoms with van der Waals surface area (Å²) < 4.78 is 0. The summed E-state index contributed by atoms with van der Waals surface area (Å²) in [5, 5.41) is 17.3. The third-order valence-electron chi connectivity index (χ3n) is 3.97.